The minimum absolute atomic E-state index is 0.210. The molecule has 3 aliphatic rings. The van der Waals surface area contributed by atoms with Crippen LogP contribution in [0.5, 0.6) is 0 Å². The number of hydrogen-bond donors (Lipinski definition) is 0. The topological polar surface area (TPSA) is 43.4 Å². The largest absolute Gasteiger partial charge is 0.270 e. The molecule has 24 heavy (non-hydrogen) atoms. The highest BCUT2D eigenvalue weighted by molar-refractivity contribution is 8.21. The molecule has 0 radical (unpaired) electrons. The van der Waals surface area contributed by atoms with E-state index in [1.54, 1.807) is 0 Å². The van der Waals surface area contributed by atoms with Gasteiger partial charge < -0.3 is 0 Å². The molecule has 0 N–H and O–H groups in total. The summed E-state index contributed by atoms with van der Waals surface area (Å²) in [4.78, 5) is 0. The number of rotatable bonds is 4. The van der Waals surface area contributed by atoms with Gasteiger partial charge in [0.15, 0.2) is 0 Å². The van der Waals surface area contributed by atoms with Gasteiger partial charge in [-0.05, 0) is 56.8 Å². The highest BCUT2D eigenvalue weighted by Gasteiger charge is 2.49. The lowest BCUT2D eigenvalue weighted by Gasteiger charge is -2.49. The fourth-order valence-electron chi connectivity index (χ4n) is 4.64. The van der Waals surface area contributed by atoms with Crippen molar-refractivity contribution in [3.05, 3.63) is 23.8 Å². The van der Waals surface area contributed by atoms with Crippen molar-refractivity contribution < 1.29 is 12.6 Å². The van der Waals surface area contributed by atoms with Crippen LogP contribution < -0.4 is 0 Å². The Balaban J connectivity index is 1.87. The molecule has 136 valence electrons. The van der Waals surface area contributed by atoms with E-state index in [9.17, 15) is 8.42 Å². The first-order chi connectivity index (χ1) is 11.2. The summed E-state index contributed by atoms with van der Waals surface area (Å²) in [5.41, 5.74) is 2.77. The maximum absolute atomic E-state index is 11.5. The smallest absolute Gasteiger partial charge is 0.264 e. The van der Waals surface area contributed by atoms with Crippen LogP contribution in [0.3, 0.4) is 0 Å². The van der Waals surface area contributed by atoms with E-state index >= 15 is 0 Å². The predicted octanol–water partition coefficient (Wildman–Crippen LogP) is 4.32. The molecule has 0 aromatic carbocycles. The van der Waals surface area contributed by atoms with Crippen molar-refractivity contribution >= 4 is 33.6 Å². The number of fused-ring (bicyclic) bond motifs is 1. The minimum Gasteiger partial charge on any atom is -0.270 e. The zero-order valence-corrected chi connectivity index (χ0v) is 17.2. The van der Waals surface area contributed by atoms with Crippen LogP contribution in [0.25, 0.3) is 0 Å². The van der Waals surface area contributed by atoms with Gasteiger partial charge in [-0.1, -0.05) is 23.8 Å². The molecule has 0 aromatic heterocycles. The molecule has 0 aromatic rings. The Morgan fingerprint density at radius 1 is 1.38 bits per heavy atom. The third kappa shape index (κ3) is 3.76. The van der Waals surface area contributed by atoms with Crippen LogP contribution in [-0.4, -0.2) is 36.9 Å². The average molecular weight is 389 g/mol. The number of hydrogen-bond acceptors (Lipinski definition) is 5. The molecule has 0 amide bonds. The molecule has 1 saturated heterocycles. The predicted molar refractivity (Wildman–Crippen MR) is 105 cm³/mol. The molecular formula is C18H28O3S3. The standard InChI is InChI=1S/C18H28O3S3/c1-12(2)15-6-5-14(11-21-24(4,19)20)17-10-18(22-7-8-23-18)13(3)9-16(15)17/h9,14-17H,1,5-8,10-11H2,2-4H3/t14-,15-,16-,17-/m0/s1. The molecule has 2 fully saturated rings. The lowest BCUT2D eigenvalue weighted by atomic mass is 9.61. The molecule has 0 bridgehead atoms. The zero-order chi connectivity index (χ0) is 17.5. The second-order valence-electron chi connectivity index (χ2n) is 7.52. The molecule has 4 atom stereocenters. The maximum Gasteiger partial charge on any atom is 0.264 e. The Hall–Kier alpha value is 0.0900. The van der Waals surface area contributed by atoms with Gasteiger partial charge in [-0.25, -0.2) is 0 Å². The van der Waals surface area contributed by atoms with Gasteiger partial charge in [-0.3, -0.25) is 4.18 Å². The Morgan fingerprint density at radius 3 is 2.62 bits per heavy atom. The lowest BCUT2D eigenvalue weighted by molar-refractivity contribution is 0.0831. The first-order valence-electron chi connectivity index (χ1n) is 8.68. The van der Waals surface area contributed by atoms with Crippen molar-refractivity contribution in [2.75, 3.05) is 24.4 Å². The molecule has 1 spiro atoms. The highest BCUT2D eigenvalue weighted by Crippen LogP contribution is 2.60. The first-order valence-corrected chi connectivity index (χ1v) is 12.5. The molecule has 1 aliphatic heterocycles. The summed E-state index contributed by atoms with van der Waals surface area (Å²) in [6.45, 7) is 8.99. The van der Waals surface area contributed by atoms with Crippen LogP contribution >= 0.6 is 23.5 Å². The van der Waals surface area contributed by atoms with Crippen LogP contribution in [-0.2, 0) is 14.3 Å². The second kappa shape index (κ2) is 7.01. The molecule has 2 aliphatic carbocycles. The van der Waals surface area contributed by atoms with Crippen LogP contribution in [0, 0.1) is 23.7 Å². The van der Waals surface area contributed by atoms with Gasteiger partial charge in [0.2, 0.25) is 0 Å². The summed E-state index contributed by atoms with van der Waals surface area (Å²) in [6, 6.07) is 0. The van der Waals surface area contributed by atoms with Crippen molar-refractivity contribution in [2.24, 2.45) is 23.7 Å². The summed E-state index contributed by atoms with van der Waals surface area (Å²) >= 11 is 4.16. The molecule has 3 rings (SSSR count). The Morgan fingerprint density at radius 2 is 2.04 bits per heavy atom. The van der Waals surface area contributed by atoms with Crippen molar-refractivity contribution in [1.82, 2.24) is 0 Å². The monoisotopic (exact) mass is 388 g/mol. The third-order valence-corrected chi connectivity index (χ3v) is 10.1. The van der Waals surface area contributed by atoms with Gasteiger partial charge in [0.25, 0.3) is 10.1 Å². The summed E-state index contributed by atoms with van der Waals surface area (Å²) in [6.07, 6.45) is 6.90. The van der Waals surface area contributed by atoms with Gasteiger partial charge in [-0.2, -0.15) is 8.42 Å². The van der Waals surface area contributed by atoms with Crippen LogP contribution in [0.15, 0.2) is 23.8 Å². The summed E-state index contributed by atoms with van der Waals surface area (Å²) in [7, 11) is -3.37. The first kappa shape index (κ1) is 18.9. The van der Waals surface area contributed by atoms with E-state index in [1.807, 2.05) is 0 Å². The van der Waals surface area contributed by atoms with E-state index in [0.717, 1.165) is 25.5 Å². The van der Waals surface area contributed by atoms with Crippen LogP contribution in [0.1, 0.15) is 33.1 Å². The fraction of sp³-hybridized carbons (Fsp3) is 0.778. The van der Waals surface area contributed by atoms with Gasteiger partial charge >= 0.3 is 0 Å². The van der Waals surface area contributed by atoms with Crippen molar-refractivity contribution in [2.45, 2.75) is 37.2 Å². The molecule has 0 unspecified atom stereocenters. The third-order valence-electron chi connectivity index (χ3n) is 5.84. The summed E-state index contributed by atoms with van der Waals surface area (Å²) in [5.74, 6) is 4.24. The number of allylic oxidation sites excluding steroid dienone is 2. The SMILES string of the molecule is C=C(C)[C@@H]1CC[C@@H](COS(C)(=O)=O)[C@@H]2CC3(SCCS3)C(C)=C[C@H]21. The van der Waals surface area contributed by atoms with E-state index in [2.05, 4.69) is 50.0 Å². The average Bonchev–Trinajstić information content (AvgIpc) is 2.94. The van der Waals surface area contributed by atoms with E-state index in [0.29, 0.717) is 30.3 Å². The second-order valence-corrected chi connectivity index (χ2v) is 12.2. The lowest BCUT2D eigenvalue weighted by Crippen LogP contribution is -2.43. The molecular weight excluding hydrogens is 360 g/mol. The van der Waals surface area contributed by atoms with Crippen LogP contribution in [0.2, 0.25) is 0 Å². The molecule has 1 saturated carbocycles. The molecule has 6 heteroatoms. The van der Waals surface area contributed by atoms with Gasteiger partial charge in [0, 0.05) is 11.5 Å². The molecule has 1 heterocycles. The van der Waals surface area contributed by atoms with E-state index < -0.39 is 10.1 Å². The van der Waals surface area contributed by atoms with Crippen molar-refractivity contribution in [3.8, 4) is 0 Å². The fourth-order valence-corrected chi connectivity index (χ4v) is 8.43. The van der Waals surface area contributed by atoms with E-state index in [1.165, 1.54) is 22.7 Å². The van der Waals surface area contributed by atoms with Crippen molar-refractivity contribution in [3.63, 3.8) is 0 Å². The van der Waals surface area contributed by atoms with Crippen LogP contribution in [0.4, 0.5) is 0 Å². The van der Waals surface area contributed by atoms with Crippen molar-refractivity contribution in [1.29, 1.82) is 0 Å². The normalized spacial score (nSPS) is 35.5. The minimum atomic E-state index is -3.37. The van der Waals surface area contributed by atoms with Gasteiger partial charge in [0.1, 0.15) is 0 Å². The quantitative estimate of drug-likeness (QED) is 0.530. The van der Waals surface area contributed by atoms with E-state index in [4.69, 9.17) is 4.18 Å². The Labute approximate surface area is 155 Å². The maximum atomic E-state index is 11.5. The Bertz CT molecular complexity index is 632. The molecule has 3 nitrogen and oxygen atoms in total. The Kier molecular flexibility index (Phi) is 5.51. The zero-order valence-electron chi connectivity index (χ0n) is 14.8. The van der Waals surface area contributed by atoms with Gasteiger partial charge in [0.05, 0.1) is 16.9 Å². The number of thioether (sulfide) groups is 2. The van der Waals surface area contributed by atoms with Gasteiger partial charge in [-0.15, -0.1) is 23.5 Å². The summed E-state index contributed by atoms with van der Waals surface area (Å²) < 4.78 is 28.3. The van der Waals surface area contributed by atoms with E-state index in [-0.39, 0.29) is 4.08 Å². The highest BCUT2D eigenvalue weighted by atomic mass is 32.2. The summed E-state index contributed by atoms with van der Waals surface area (Å²) in [5, 5.41) is 0.